The number of aliphatic hydroxyl groups excluding tert-OH is 2. The van der Waals surface area contributed by atoms with E-state index in [1.165, 1.54) is 96.3 Å². The third kappa shape index (κ3) is 48.8. The smallest absolute Gasteiger partial charge is 0.306 e. The molecule has 3 atom stereocenters. The van der Waals surface area contributed by atoms with Gasteiger partial charge in [-0.1, -0.05) is 240 Å². The maximum Gasteiger partial charge on any atom is 0.306 e. The highest BCUT2D eigenvalue weighted by Crippen LogP contribution is 2.16. The van der Waals surface area contributed by atoms with Crippen molar-refractivity contribution in [1.29, 1.82) is 0 Å². The summed E-state index contributed by atoms with van der Waals surface area (Å²) in [4.78, 5) is 26.2. The average molecular weight is 930 g/mol. The number of amides is 1. The molecular weight excluding hydrogens is 827 g/mol. The lowest BCUT2D eigenvalue weighted by atomic mass is 10.0. The summed E-state index contributed by atoms with van der Waals surface area (Å²) in [6, 6.07) is -0.755. The van der Waals surface area contributed by atoms with Gasteiger partial charge in [0.1, 0.15) is 6.10 Å². The summed E-state index contributed by atoms with van der Waals surface area (Å²) in [5, 5.41) is 23.8. The third-order valence-electron chi connectivity index (χ3n) is 11.8. The molecule has 3 unspecified atom stereocenters. The standard InChI is InChI=1S/C61H103NO5/c1-4-7-10-13-16-19-22-25-28-30-32-34-37-40-43-46-49-52-57(67-61(66)54-51-48-45-42-39-36-33-31-29-26-23-20-17-14-11-8-5-2)55-60(65)62-58(56-63)59(64)53-50-47-44-41-38-35-27-24-21-18-15-12-9-6-3/h7,10,16-17,19-20,25-26,28-29,32-34,36,40,43,49,52,57-59,63-64H,4-6,8-9,11-15,18,21-24,27,30-31,35,37-39,41-42,44-48,50-51,53-56H2,1-3H3,(H,62,65)/b10-7-,19-16-,20-17-,28-25-,29-26-,34-32-,36-33-,43-40-,52-49-. The van der Waals surface area contributed by atoms with E-state index in [9.17, 15) is 19.8 Å². The molecule has 0 saturated carbocycles. The summed E-state index contributed by atoms with van der Waals surface area (Å²) in [5.74, 6) is -0.661. The van der Waals surface area contributed by atoms with Crippen LogP contribution in [0.1, 0.15) is 239 Å². The van der Waals surface area contributed by atoms with Crippen LogP contribution in [0.4, 0.5) is 0 Å². The fourth-order valence-electron chi connectivity index (χ4n) is 7.67. The summed E-state index contributed by atoms with van der Waals surface area (Å²) in [6.45, 7) is 6.30. The first-order valence-corrected chi connectivity index (χ1v) is 27.6. The van der Waals surface area contributed by atoms with E-state index < -0.39 is 18.2 Å². The van der Waals surface area contributed by atoms with Crippen molar-refractivity contribution in [3.63, 3.8) is 0 Å². The van der Waals surface area contributed by atoms with Crippen LogP contribution in [0.3, 0.4) is 0 Å². The van der Waals surface area contributed by atoms with Gasteiger partial charge >= 0.3 is 5.97 Å². The zero-order chi connectivity index (χ0) is 48.8. The number of hydrogen-bond acceptors (Lipinski definition) is 5. The molecule has 67 heavy (non-hydrogen) atoms. The second-order valence-corrected chi connectivity index (χ2v) is 18.2. The maximum absolute atomic E-state index is 13.2. The van der Waals surface area contributed by atoms with Crippen molar-refractivity contribution in [3.8, 4) is 0 Å². The fourth-order valence-corrected chi connectivity index (χ4v) is 7.67. The first-order valence-electron chi connectivity index (χ1n) is 27.6. The predicted octanol–water partition coefficient (Wildman–Crippen LogP) is 17.1. The van der Waals surface area contributed by atoms with Gasteiger partial charge in [-0.2, -0.15) is 0 Å². The molecule has 0 aromatic rings. The minimum atomic E-state index is -0.831. The van der Waals surface area contributed by atoms with Gasteiger partial charge in [0, 0.05) is 6.42 Å². The van der Waals surface area contributed by atoms with Crippen LogP contribution in [0.25, 0.3) is 0 Å². The molecule has 0 aliphatic carbocycles. The van der Waals surface area contributed by atoms with Gasteiger partial charge in [0.2, 0.25) is 5.91 Å². The number of hydrogen-bond donors (Lipinski definition) is 3. The molecule has 0 aliphatic rings. The van der Waals surface area contributed by atoms with E-state index in [0.717, 1.165) is 96.3 Å². The molecule has 0 saturated heterocycles. The summed E-state index contributed by atoms with van der Waals surface area (Å²) in [6.07, 6.45) is 73.2. The third-order valence-corrected chi connectivity index (χ3v) is 11.8. The van der Waals surface area contributed by atoms with Crippen molar-refractivity contribution in [3.05, 3.63) is 109 Å². The Hall–Kier alpha value is -3.48. The quantitative estimate of drug-likeness (QED) is 0.0321. The van der Waals surface area contributed by atoms with Crippen LogP contribution in [0.15, 0.2) is 109 Å². The van der Waals surface area contributed by atoms with E-state index >= 15 is 0 Å². The number of aliphatic hydroxyl groups is 2. The number of allylic oxidation sites excluding steroid dienone is 17. The van der Waals surface area contributed by atoms with E-state index in [-0.39, 0.29) is 24.9 Å². The molecule has 6 heteroatoms. The second-order valence-electron chi connectivity index (χ2n) is 18.2. The molecule has 382 valence electrons. The Morgan fingerprint density at radius 3 is 1.30 bits per heavy atom. The molecule has 0 radical (unpaired) electrons. The Balaban J connectivity index is 4.81. The number of carbonyl (C=O) groups excluding carboxylic acids is 2. The largest absolute Gasteiger partial charge is 0.458 e. The average Bonchev–Trinajstić information content (AvgIpc) is 3.32. The van der Waals surface area contributed by atoms with Gasteiger partial charge in [-0.05, 0) is 96.0 Å². The van der Waals surface area contributed by atoms with Gasteiger partial charge in [-0.25, -0.2) is 0 Å². The highest BCUT2D eigenvalue weighted by atomic mass is 16.5. The van der Waals surface area contributed by atoms with Crippen LogP contribution < -0.4 is 5.32 Å². The molecular formula is C61H103NO5. The second kappa shape index (κ2) is 53.5. The van der Waals surface area contributed by atoms with Crippen LogP contribution >= 0.6 is 0 Å². The predicted molar refractivity (Wildman–Crippen MR) is 291 cm³/mol. The number of ether oxygens (including phenoxy) is 1. The maximum atomic E-state index is 13.2. The number of esters is 1. The van der Waals surface area contributed by atoms with Gasteiger partial charge < -0.3 is 20.3 Å². The molecule has 0 aliphatic heterocycles. The molecule has 0 aromatic heterocycles. The van der Waals surface area contributed by atoms with E-state index in [2.05, 4.69) is 123 Å². The molecule has 0 aromatic carbocycles. The van der Waals surface area contributed by atoms with Gasteiger partial charge in [0.05, 0.1) is 25.2 Å². The number of unbranched alkanes of at least 4 members (excludes halogenated alkanes) is 20. The van der Waals surface area contributed by atoms with Crippen molar-refractivity contribution in [2.45, 2.75) is 257 Å². The summed E-state index contributed by atoms with van der Waals surface area (Å²) in [7, 11) is 0. The van der Waals surface area contributed by atoms with Gasteiger partial charge in [0.25, 0.3) is 0 Å². The van der Waals surface area contributed by atoms with Crippen molar-refractivity contribution in [2.24, 2.45) is 0 Å². The lowest BCUT2D eigenvalue weighted by molar-refractivity contribution is -0.148. The van der Waals surface area contributed by atoms with Gasteiger partial charge in [0.15, 0.2) is 0 Å². The highest BCUT2D eigenvalue weighted by molar-refractivity contribution is 5.78. The highest BCUT2D eigenvalue weighted by Gasteiger charge is 2.23. The normalized spacial score (nSPS) is 14.0. The minimum absolute atomic E-state index is 0.0622. The van der Waals surface area contributed by atoms with E-state index in [1.807, 2.05) is 6.08 Å². The van der Waals surface area contributed by atoms with Crippen LogP contribution in [0, 0.1) is 0 Å². The number of nitrogens with one attached hydrogen (secondary N) is 1. The molecule has 0 fully saturated rings. The molecule has 0 rings (SSSR count). The zero-order valence-corrected chi connectivity index (χ0v) is 43.5. The van der Waals surface area contributed by atoms with Crippen LogP contribution in [-0.4, -0.2) is 46.9 Å². The van der Waals surface area contributed by atoms with Crippen LogP contribution in [0.2, 0.25) is 0 Å². The van der Waals surface area contributed by atoms with E-state index in [1.54, 1.807) is 6.08 Å². The fraction of sp³-hybridized carbons (Fsp3) is 0.672. The molecule has 0 heterocycles. The SMILES string of the molecule is CC/C=C\C/C=C\C/C=C\C/C=C\C/C=C\C/C=C\C(CC(=O)NC(CO)C(O)CCCCCCCCCCCCCCCC)OC(=O)CCCCCC/C=C\C/C=C\C/C=C\CCCCC. The summed E-state index contributed by atoms with van der Waals surface area (Å²) >= 11 is 0. The van der Waals surface area contributed by atoms with Crippen molar-refractivity contribution >= 4 is 11.9 Å². The molecule has 3 N–H and O–H groups in total. The van der Waals surface area contributed by atoms with Gasteiger partial charge in [-0.3, -0.25) is 9.59 Å². The Morgan fingerprint density at radius 1 is 0.463 bits per heavy atom. The first kappa shape index (κ1) is 63.5. The van der Waals surface area contributed by atoms with Crippen LogP contribution in [0.5, 0.6) is 0 Å². The monoisotopic (exact) mass is 930 g/mol. The topological polar surface area (TPSA) is 95.9 Å². The van der Waals surface area contributed by atoms with Gasteiger partial charge in [-0.15, -0.1) is 0 Å². The Kier molecular flexibility index (Phi) is 50.7. The van der Waals surface area contributed by atoms with Crippen molar-refractivity contribution in [1.82, 2.24) is 5.32 Å². The minimum Gasteiger partial charge on any atom is -0.458 e. The van der Waals surface area contributed by atoms with Crippen LogP contribution in [-0.2, 0) is 14.3 Å². The van der Waals surface area contributed by atoms with Crippen molar-refractivity contribution < 1.29 is 24.5 Å². The lowest BCUT2D eigenvalue weighted by Gasteiger charge is -2.23. The molecule has 6 nitrogen and oxygen atoms in total. The Morgan fingerprint density at radius 2 is 0.836 bits per heavy atom. The Bertz CT molecular complexity index is 1370. The number of carbonyl (C=O) groups is 2. The molecule has 0 bridgehead atoms. The van der Waals surface area contributed by atoms with E-state index in [0.29, 0.717) is 19.3 Å². The zero-order valence-electron chi connectivity index (χ0n) is 43.5. The summed E-state index contributed by atoms with van der Waals surface area (Å²) < 4.78 is 5.83. The van der Waals surface area contributed by atoms with E-state index in [4.69, 9.17) is 4.74 Å². The number of rotatable bonds is 48. The Labute approximate surface area is 413 Å². The molecule has 1 amide bonds. The van der Waals surface area contributed by atoms with Crippen molar-refractivity contribution in [2.75, 3.05) is 6.61 Å². The molecule has 0 spiro atoms. The summed E-state index contributed by atoms with van der Waals surface area (Å²) in [5.41, 5.74) is 0. The lowest BCUT2D eigenvalue weighted by Crippen LogP contribution is -2.46. The first-order chi connectivity index (χ1) is 33.0.